The Morgan fingerprint density at radius 3 is 2.43 bits per heavy atom. The van der Waals surface area contributed by atoms with Crippen LogP contribution in [0.2, 0.25) is 0 Å². The lowest BCUT2D eigenvalue weighted by Gasteiger charge is -1.75. The van der Waals surface area contributed by atoms with Crippen LogP contribution < -0.4 is 5.66 Å². The van der Waals surface area contributed by atoms with Gasteiger partial charge in [0.2, 0.25) is 0 Å². The monoisotopic (exact) mass is 112 g/mol. The molecule has 0 saturated heterocycles. The lowest BCUT2D eigenvalue weighted by atomic mass is 10.1. The molecule has 7 heavy (non-hydrogen) atoms. The predicted octanol–water partition coefficient (Wildman–Crippen LogP) is -0.173. The van der Waals surface area contributed by atoms with Crippen LogP contribution in [0.5, 0.6) is 0 Å². The maximum atomic E-state index is 4.95. The minimum Gasteiger partial charge on any atom is -0.466 e. The third-order valence-electron chi connectivity index (χ3n) is 0.726. The second-order valence-electron chi connectivity index (χ2n) is 1.38. The molecule has 0 amide bonds. The summed E-state index contributed by atoms with van der Waals surface area (Å²) in [5, 5.41) is 0.678. The summed E-state index contributed by atoms with van der Waals surface area (Å²) in [5.74, 6) is 0. The van der Waals surface area contributed by atoms with E-state index < -0.39 is 0 Å². The molecule has 0 aliphatic rings. The summed E-state index contributed by atoms with van der Waals surface area (Å²) >= 11 is 3.94. The standard InChI is InChI=1S/C4H5BOS/c5-3-1-2-4(7)6-3/h1-2,7H,5H2. The number of rotatable bonds is 0. The van der Waals surface area contributed by atoms with Gasteiger partial charge in [-0.1, -0.05) is 0 Å². The van der Waals surface area contributed by atoms with Crippen LogP contribution in [0.4, 0.5) is 0 Å². The quantitative estimate of drug-likeness (QED) is 0.363. The molecule has 0 bridgehead atoms. The minimum atomic E-state index is 0.678. The highest BCUT2D eigenvalue weighted by molar-refractivity contribution is 7.80. The molecule has 1 heterocycles. The molecule has 0 spiro atoms. The maximum absolute atomic E-state index is 4.95. The van der Waals surface area contributed by atoms with Crippen LogP contribution in [0.15, 0.2) is 21.6 Å². The zero-order valence-corrected chi connectivity index (χ0v) is 4.90. The van der Waals surface area contributed by atoms with Gasteiger partial charge in [0.25, 0.3) is 0 Å². The van der Waals surface area contributed by atoms with E-state index in [0.717, 1.165) is 5.66 Å². The summed E-state index contributed by atoms with van der Waals surface area (Å²) in [4.78, 5) is 0. The fourth-order valence-electron chi connectivity index (χ4n) is 0.422. The average Bonchev–Trinajstić information content (AvgIpc) is 1.87. The molecule has 1 aromatic heterocycles. The summed E-state index contributed by atoms with van der Waals surface area (Å²) in [7, 11) is 1.89. The summed E-state index contributed by atoms with van der Waals surface area (Å²) < 4.78 is 4.95. The zero-order valence-electron chi connectivity index (χ0n) is 4.01. The van der Waals surface area contributed by atoms with Gasteiger partial charge in [0.15, 0.2) is 12.9 Å². The topological polar surface area (TPSA) is 13.1 Å². The molecule has 1 rings (SSSR count). The molecule has 0 atom stereocenters. The number of hydrogen-bond donors (Lipinski definition) is 1. The highest BCUT2D eigenvalue weighted by Crippen LogP contribution is 2.00. The van der Waals surface area contributed by atoms with E-state index in [4.69, 9.17) is 4.42 Å². The first-order chi connectivity index (χ1) is 3.29. The Morgan fingerprint density at radius 2 is 2.29 bits per heavy atom. The molecule has 0 unspecified atom stereocenters. The lowest BCUT2D eigenvalue weighted by molar-refractivity contribution is 0.506. The lowest BCUT2D eigenvalue weighted by Crippen LogP contribution is -1.92. The van der Waals surface area contributed by atoms with Crippen molar-refractivity contribution in [3.8, 4) is 0 Å². The van der Waals surface area contributed by atoms with Gasteiger partial charge in [-0.15, -0.1) is 12.6 Å². The molecule has 1 aromatic rings. The van der Waals surface area contributed by atoms with Gasteiger partial charge in [-0.3, -0.25) is 0 Å². The second kappa shape index (κ2) is 1.66. The molecule has 0 saturated carbocycles. The van der Waals surface area contributed by atoms with E-state index in [9.17, 15) is 0 Å². The van der Waals surface area contributed by atoms with Gasteiger partial charge in [0.05, 0.1) is 5.66 Å². The van der Waals surface area contributed by atoms with Crippen LogP contribution in [0.1, 0.15) is 0 Å². The first-order valence-electron chi connectivity index (χ1n) is 2.04. The Hall–Kier alpha value is -0.305. The summed E-state index contributed by atoms with van der Waals surface area (Å²) in [5.41, 5.74) is 0.907. The zero-order chi connectivity index (χ0) is 5.28. The summed E-state index contributed by atoms with van der Waals surface area (Å²) in [6.45, 7) is 0. The van der Waals surface area contributed by atoms with Gasteiger partial charge in [-0.2, -0.15) is 0 Å². The summed E-state index contributed by atoms with van der Waals surface area (Å²) in [6.07, 6.45) is 0. The van der Waals surface area contributed by atoms with E-state index >= 15 is 0 Å². The van der Waals surface area contributed by atoms with E-state index in [0.29, 0.717) is 5.09 Å². The van der Waals surface area contributed by atoms with Crippen molar-refractivity contribution in [1.29, 1.82) is 0 Å². The van der Waals surface area contributed by atoms with Crippen molar-refractivity contribution in [2.45, 2.75) is 5.09 Å². The van der Waals surface area contributed by atoms with Crippen LogP contribution in [0.25, 0.3) is 0 Å². The number of hydrogen-bond acceptors (Lipinski definition) is 2. The second-order valence-corrected chi connectivity index (χ2v) is 1.83. The fraction of sp³-hybridized carbons (Fsp3) is 0. The van der Waals surface area contributed by atoms with E-state index in [1.165, 1.54) is 0 Å². The van der Waals surface area contributed by atoms with Gasteiger partial charge in [-0.25, -0.2) is 0 Å². The third-order valence-corrected chi connectivity index (χ3v) is 0.967. The van der Waals surface area contributed by atoms with Crippen LogP contribution in [0, 0.1) is 0 Å². The highest BCUT2D eigenvalue weighted by atomic mass is 32.1. The molecule has 0 aromatic carbocycles. The van der Waals surface area contributed by atoms with Crippen molar-refractivity contribution in [2.75, 3.05) is 0 Å². The van der Waals surface area contributed by atoms with Crippen molar-refractivity contribution in [1.82, 2.24) is 0 Å². The fourth-order valence-corrected chi connectivity index (χ4v) is 0.640. The Kier molecular flexibility index (Phi) is 1.15. The average molecular weight is 112 g/mol. The van der Waals surface area contributed by atoms with Crippen molar-refractivity contribution in [3.05, 3.63) is 12.1 Å². The summed E-state index contributed by atoms with van der Waals surface area (Å²) in [6, 6.07) is 3.70. The first-order valence-corrected chi connectivity index (χ1v) is 2.49. The van der Waals surface area contributed by atoms with E-state index in [2.05, 4.69) is 12.6 Å². The minimum absolute atomic E-state index is 0.678. The molecular weight excluding hydrogens is 107 g/mol. The molecule has 3 heteroatoms. The van der Waals surface area contributed by atoms with Crippen LogP contribution in [0.3, 0.4) is 0 Å². The van der Waals surface area contributed by atoms with Crippen molar-refractivity contribution >= 4 is 26.1 Å². The Balaban J connectivity index is 3.04. The highest BCUT2D eigenvalue weighted by Gasteiger charge is 1.86. The van der Waals surface area contributed by atoms with Crippen molar-refractivity contribution < 1.29 is 4.42 Å². The first kappa shape index (κ1) is 4.84. The molecule has 1 nitrogen and oxygen atoms in total. The number of furan rings is 1. The Morgan fingerprint density at radius 1 is 1.57 bits per heavy atom. The Bertz CT molecular complexity index is 144. The van der Waals surface area contributed by atoms with Gasteiger partial charge in [0.1, 0.15) is 0 Å². The van der Waals surface area contributed by atoms with E-state index in [-0.39, 0.29) is 0 Å². The molecule has 36 valence electrons. The van der Waals surface area contributed by atoms with Gasteiger partial charge < -0.3 is 4.42 Å². The van der Waals surface area contributed by atoms with Gasteiger partial charge in [0, 0.05) is 0 Å². The molecule has 0 aliphatic carbocycles. The molecular formula is C4H5BOS. The molecule has 0 radical (unpaired) electrons. The SMILES string of the molecule is Bc1ccc(S)o1. The molecule has 0 N–H and O–H groups in total. The van der Waals surface area contributed by atoms with Crippen LogP contribution >= 0.6 is 12.6 Å². The molecule has 0 aliphatic heterocycles. The van der Waals surface area contributed by atoms with Gasteiger partial charge in [-0.05, 0) is 12.1 Å². The van der Waals surface area contributed by atoms with Gasteiger partial charge >= 0.3 is 0 Å². The normalized spacial score (nSPS) is 9.29. The molecule has 0 fully saturated rings. The predicted molar refractivity (Wildman–Crippen MR) is 34.1 cm³/mol. The van der Waals surface area contributed by atoms with Crippen molar-refractivity contribution in [3.63, 3.8) is 0 Å². The van der Waals surface area contributed by atoms with Crippen molar-refractivity contribution in [2.24, 2.45) is 0 Å². The largest absolute Gasteiger partial charge is 0.466 e. The number of thiol groups is 1. The van der Waals surface area contributed by atoms with E-state index in [1.54, 1.807) is 0 Å². The maximum Gasteiger partial charge on any atom is 0.186 e. The Labute approximate surface area is 48.5 Å². The van der Waals surface area contributed by atoms with Crippen LogP contribution in [-0.4, -0.2) is 7.85 Å². The smallest absolute Gasteiger partial charge is 0.186 e. The third kappa shape index (κ3) is 1.03. The van der Waals surface area contributed by atoms with Crippen LogP contribution in [-0.2, 0) is 0 Å². The van der Waals surface area contributed by atoms with E-state index in [1.807, 2.05) is 20.0 Å².